The summed E-state index contributed by atoms with van der Waals surface area (Å²) in [5.41, 5.74) is 0.960. The van der Waals surface area contributed by atoms with E-state index in [9.17, 15) is 18.0 Å². The lowest BCUT2D eigenvalue weighted by Gasteiger charge is -2.32. The SMILES string of the molecule is CC[C@H](C)NC(=O)[C@@H](C)N(Cc1ccccc1Cl)C(=O)CN(c1ccc(OC)cc1)S(C)(=O)=O. The van der Waals surface area contributed by atoms with Gasteiger partial charge in [-0.1, -0.05) is 36.7 Å². The van der Waals surface area contributed by atoms with E-state index in [1.54, 1.807) is 55.5 Å². The number of nitrogens with one attached hydrogen (secondary N) is 1. The zero-order chi connectivity index (χ0) is 25.5. The molecule has 0 saturated carbocycles. The van der Waals surface area contributed by atoms with Crippen LogP contribution in [0.1, 0.15) is 32.8 Å². The highest BCUT2D eigenvalue weighted by Gasteiger charge is 2.30. The molecule has 0 aromatic heterocycles. The van der Waals surface area contributed by atoms with Crippen LogP contribution in [0.2, 0.25) is 5.02 Å². The quantitative estimate of drug-likeness (QED) is 0.500. The fraction of sp³-hybridized carbons (Fsp3) is 0.417. The van der Waals surface area contributed by atoms with Gasteiger partial charge < -0.3 is 15.0 Å². The maximum Gasteiger partial charge on any atom is 0.244 e. The zero-order valence-corrected chi connectivity index (χ0v) is 21.7. The number of rotatable bonds is 11. The van der Waals surface area contributed by atoms with E-state index in [1.807, 2.05) is 13.8 Å². The van der Waals surface area contributed by atoms with Gasteiger partial charge in [0.1, 0.15) is 18.3 Å². The second-order valence-corrected chi connectivity index (χ2v) is 10.4. The number of carbonyl (C=O) groups is 2. The summed E-state index contributed by atoms with van der Waals surface area (Å²) in [6, 6.07) is 12.4. The number of amides is 2. The second kappa shape index (κ2) is 12.1. The summed E-state index contributed by atoms with van der Waals surface area (Å²) in [5.74, 6) is -0.308. The van der Waals surface area contributed by atoms with Crippen LogP contribution >= 0.6 is 11.6 Å². The maximum absolute atomic E-state index is 13.5. The zero-order valence-electron chi connectivity index (χ0n) is 20.1. The summed E-state index contributed by atoms with van der Waals surface area (Å²) in [5, 5.41) is 3.33. The van der Waals surface area contributed by atoms with E-state index < -0.39 is 28.5 Å². The number of benzene rings is 2. The molecule has 0 aliphatic rings. The molecule has 0 saturated heterocycles. The average Bonchev–Trinajstić information content (AvgIpc) is 2.80. The Morgan fingerprint density at radius 3 is 2.24 bits per heavy atom. The average molecular weight is 510 g/mol. The Bertz CT molecular complexity index is 1090. The smallest absolute Gasteiger partial charge is 0.244 e. The summed E-state index contributed by atoms with van der Waals surface area (Å²) >= 11 is 6.31. The topological polar surface area (TPSA) is 96.0 Å². The van der Waals surface area contributed by atoms with Crippen LogP contribution in [-0.2, 0) is 26.2 Å². The summed E-state index contributed by atoms with van der Waals surface area (Å²) in [6.07, 6.45) is 1.76. The molecule has 0 radical (unpaired) electrons. The van der Waals surface area contributed by atoms with Gasteiger partial charge in [0.2, 0.25) is 21.8 Å². The van der Waals surface area contributed by atoms with Gasteiger partial charge in [0.15, 0.2) is 0 Å². The molecule has 2 rings (SSSR count). The van der Waals surface area contributed by atoms with Crippen LogP contribution in [-0.4, -0.2) is 57.1 Å². The van der Waals surface area contributed by atoms with Crippen LogP contribution in [0.25, 0.3) is 0 Å². The van der Waals surface area contributed by atoms with Gasteiger partial charge in [-0.25, -0.2) is 8.42 Å². The minimum absolute atomic E-state index is 0.0494. The fourth-order valence-electron chi connectivity index (χ4n) is 3.22. The van der Waals surface area contributed by atoms with Crippen LogP contribution in [0.15, 0.2) is 48.5 Å². The third-order valence-electron chi connectivity index (χ3n) is 5.51. The van der Waals surface area contributed by atoms with E-state index in [2.05, 4.69) is 5.32 Å². The van der Waals surface area contributed by atoms with E-state index >= 15 is 0 Å². The molecule has 0 bridgehead atoms. The molecule has 2 atom stereocenters. The molecule has 0 unspecified atom stereocenters. The van der Waals surface area contributed by atoms with Crippen molar-refractivity contribution in [1.29, 1.82) is 0 Å². The van der Waals surface area contributed by atoms with Crippen molar-refractivity contribution in [3.63, 3.8) is 0 Å². The highest BCUT2D eigenvalue weighted by atomic mass is 35.5. The normalized spacial score (nSPS) is 13.0. The number of halogens is 1. The maximum atomic E-state index is 13.5. The predicted molar refractivity (Wildman–Crippen MR) is 135 cm³/mol. The number of methoxy groups -OCH3 is 1. The van der Waals surface area contributed by atoms with E-state index in [0.717, 1.165) is 17.0 Å². The third-order valence-corrected chi connectivity index (χ3v) is 7.02. The number of carbonyl (C=O) groups excluding carboxylic acids is 2. The molecule has 0 heterocycles. The van der Waals surface area contributed by atoms with Gasteiger partial charge in [0, 0.05) is 17.6 Å². The number of nitrogens with zero attached hydrogens (tertiary/aromatic N) is 2. The van der Waals surface area contributed by atoms with Crippen LogP contribution in [0, 0.1) is 0 Å². The molecule has 10 heteroatoms. The molecule has 0 aliphatic heterocycles. The first kappa shape index (κ1) is 27.5. The summed E-state index contributed by atoms with van der Waals surface area (Å²) in [4.78, 5) is 27.7. The van der Waals surface area contributed by atoms with Crippen LogP contribution < -0.4 is 14.4 Å². The molecular weight excluding hydrogens is 478 g/mol. The van der Waals surface area contributed by atoms with Crippen molar-refractivity contribution in [3.8, 4) is 5.75 Å². The monoisotopic (exact) mass is 509 g/mol. The van der Waals surface area contributed by atoms with E-state index in [1.165, 1.54) is 12.0 Å². The minimum atomic E-state index is -3.80. The Balaban J connectivity index is 2.39. The Morgan fingerprint density at radius 2 is 1.71 bits per heavy atom. The molecule has 186 valence electrons. The first-order valence-electron chi connectivity index (χ1n) is 10.9. The van der Waals surface area contributed by atoms with Crippen molar-refractivity contribution < 1.29 is 22.7 Å². The highest BCUT2D eigenvalue weighted by molar-refractivity contribution is 7.92. The van der Waals surface area contributed by atoms with Gasteiger partial charge >= 0.3 is 0 Å². The van der Waals surface area contributed by atoms with Crippen molar-refractivity contribution >= 4 is 39.1 Å². The van der Waals surface area contributed by atoms with E-state index in [4.69, 9.17) is 16.3 Å². The highest BCUT2D eigenvalue weighted by Crippen LogP contribution is 2.23. The molecule has 0 fully saturated rings. The van der Waals surface area contributed by atoms with Crippen molar-refractivity contribution in [2.24, 2.45) is 0 Å². The number of ether oxygens (including phenoxy) is 1. The van der Waals surface area contributed by atoms with Crippen LogP contribution in [0.3, 0.4) is 0 Å². The summed E-state index contributed by atoms with van der Waals surface area (Å²) in [7, 11) is -2.29. The Kier molecular flexibility index (Phi) is 9.76. The van der Waals surface area contributed by atoms with Gasteiger partial charge in [-0.3, -0.25) is 13.9 Å². The van der Waals surface area contributed by atoms with Gasteiger partial charge in [0.05, 0.1) is 19.1 Å². The standard InChI is InChI=1S/C24H32ClN3O5S/c1-6-17(2)26-24(30)18(3)27(15-19-9-7-8-10-22(19)25)23(29)16-28(34(5,31)32)20-11-13-21(33-4)14-12-20/h7-14,17-18H,6,15-16H2,1-5H3,(H,26,30)/t17-,18+/m0/s1. The van der Waals surface area contributed by atoms with E-state index in [-0.39, 0.29) is 18.5 Å². The Hall–Kier alpha value is -2.78. The van der Waals surface area contributed by atoms with Crippen molar-refractivity contribution in [2.45, 2.75) is 45.8 Å². The summed E-state index contributed by atoms with van der Waals surface area (Å²) < 4.78 is 31.3. The first-order valence-corrected chi connectivity index (χ1v) is 13.2. The van der Waals surface area contributed by atoms with Crippen molar-refractivity contribution in [1.82, 2.24) is 10.2 Å². The first-order chi connectivity index (χ1) is 16.0. The molecule has 8 nitrogen and oxygen atoms in total. The number of anilines is 1. The third kappa shape index (κ3) is 7.36. The lowest BCUT2D eigenvalue weighted by molar-refractivity contribution is -0.139. The fourth-order valence-corrected chi connectivity index (χ4v) is 4.27. The predicted octanol–water partition coefficient (Wildman–Crippen LogP) is 3.45. The molecular formula is C24H32ClN3O5S. The van der Waals surface area contributed by atoms with Crippen LogP contribution in [0.4, 0.5) is 5.69 Å². The molecule has 2 amide bonds. The molecule has 0 aliphatic carbocycles. The Labute approximate surface area is 206 Å². The van der Waals surface area contributed by atoms with Crippen LogP contribution in [0.5, 0.6) is 5.75 Å². The molecule has 2 aromatic carbocycles. The number of hydrogen-bond acceptors (Lipinski definition) is 5. The van der Waals surface area contributed by atoms with Crippen molar-refractivity contribution in [3.05, 3.63) is 59.1 Å². The molecule has 2 aromatic rings. The second-order valence-electron chi connectivity index (χ2n) is 8.07. The lowest BCUT2D eigenvalue weighted by Crippen LogP contribution is -2.52. The van der Waals surface area contributed by atoms with Gasteiger partial charge in [-0.2, -0.15) is 0 Å². The number of hydrogen-bond donors (Lipinski definition) is 1. The molecule has 0 spiro atoms. The van der Waals surface area contributed by atoms with E-state index in [0.29, 0.717) is 22.0 Å². The minimum Gasteiger partial charge on any atom is -0.497 e. The lowest BCUT2D eigenvalue weighted by atomic mass is 10.1. The van der Waals surface area contributed by atoms with Gasteiger partial charge in [-0.05, 0) is 56.2 Å². The Morgan fingerprint density at radius 1 is 1.09 bits per heavy atom. The largest absolute Gasteiger partial charge is 0.497 e. The van der Waals surface area contributed by atoms with Gasteiger partial charge in [-0.15, -0.1) is 0 Å². The molecule has 1 N–H and O–H groups in total. The summed E-state index contributed by atoms with van der Waals surface area (Å²) in [6.45, 7) is 5.01. The van der Waals surface area contributed by atoms with Gasteiger partial charge in [0.25, 0.3) is 0 Å². The van der Waals surface area contributed by atoms with Crippen molar-refractivity contribution in [2.75, 3.05) is 24.2 Å². The molecule has 34 heavy (non-hydrogen) atoms. The number of sulfonamides is 1.